The quantitative estimate of drug-likeness (QED) is 0.384. The Morgan fingerprint density at radius 2 is 1.86 bits per heavy atom. The summed E-state index contributed by atoms with van der Waals surface area (Å²) in [6.45, 7) is 12.1. The maximum absolute atomic E-state index is 13.4. The van der Waals surface area contributed by atoms with Crippen molar-refractivity contribution in [2.24, 2.45) is 0 Å². The predicted molar refractivity (Wildman–Crippen MR) is 146 cm³/mol. The van der Waals surface area contributed by atoms with E-state index in [4.69, 9.17) is 9.97 Å². The molecule has 4 heterocycles. The van der Waals surface area contributed by atoms with Gasteiger partial charge in [-0.25, -0.2) is 14.4 Å². The first-order valence-corrected chi connectivity index (χ1v) is 13.2. The maximum Gasteiger partial charge on any atom is 0.192 e. The van der Waals surface area contributed by atoms with Crippen molar-refractivity contribution in [3.05, 3.63) is 58.5 Å². The van der Waals surface area contributed by atoms with Crippen LogP contribution in [-0.4, -0.2) is 47.6 Å². The van der Waals surface area contributed by atoms with Crippen molar-refractivity contribution < 1.29 is 4.39 Å². The van der Waals surface area contributed by atoms with E-state index in [2.05, 4.69) is 46.8 Å². The van der Waals surface area contributed by atoms with Crippen LogP contribution in [0.1, 0.15) is 36.9 Å². The Hall–Kier alpha value is -3.48. The SMILES string of the molecule is CC.CCc1nc2c(C)cc(N3CCNCC3)cn2c1N(C)c1nc(-c2ccc(F)cc2)c(C#N)s1. The molecule has 0 atom stereocenters. The number of imidazole rings is 1. The molecule has 0 unspecified atom stereocenters. The number of halogens is 1. The minimum atomic E-state index is -0.316. The van der Waals surface area contributed by atoms with Crippen LogP contribution in [0.3, 0.4) is 0 Å². The maximum atomic E-state index is 13.4. The molecular weight excluding hydrogens is 473 g/mol. The van der Waals surface area contributed by atoms with E-state index < -0.39 is 0 Å². The third kappa shape index (κ3) is 4.79. The number of benzene rings is 1. The van der Waals surface area contributed by atoms with Gasteiger partial charge in [-0.1, -0.05) is 32.1 Å². The summed E-state index contributed by atoms with van der Waals surface area (Å²) in [5.74, 6) is 0.630. The van der Waals surface area contributed by atoms with Gasteiger partial charge in [0.25, 0.3) is 0 Å². The van der Waals surface area contributed by atoms with Crippen LogP contribution in [0.4, 0.5) is 21.0 Å². The lowest BCUT2D eigenvalue weighted by molar-refractivity contribution is 0.588. The fourth-order valence-corrected chi connectivity index (χ4v) is 5.29. The van der Waals surface area contributed by atoms with E-state index in [9.17, 15) is 9.65 Å². The van der Waals surface area contributed by atoms with Gasteiger partial charge >= 0.3 is 0 Å². The Labute approximate surface area is 215 Å². The molecule has 4 aromatic rings. The van der Waals surface area contributed by atoms with Crippen molar-refractivity contribution >= 4 is 33.6 Å². The first-order chi connectivity index (χ1) is 17.5. The zero-order valence-corrected chi connectivity index (χ0v) is 22.3. The van der Waals surface area contributed by atoms with Crippen LogP contribution in [0.5, 0.6) is 0 Å². The highest BCUT2D eigenvalue weighted by molar-refractivity contribution is 7.16. The molecule has 0 aliphatic carbocycles. The van der Waals surface area contributed by atoms with Gasteiger partial charge in [-0.05, 0) is 49.2 Å². The van der Waals surface area contributed by atoms with Crippen molar-refractivity contribution in [1.82, 2.24) is 19.7 Å². The number of fused-ring (bicyclic) bond motifs is 1. The molecular formula is C27H32FN7S. The minimum absolute atomic E-state index is 0.316. The zero-order chi connectivity index (χ0) is 25.8. The van der Waals surface area contributed by atoms with E-state index in [0.29, 0.717) is 15.7 Å². The van der Waals surface area contributed by atoms with Gasteiger partial charge < -0.3 is 15.1 Å². The van der Waals surface area contributed by atoms with Crippen LogP contribution in [-0.2, 0) is 6.42 Å². The van der Waals surface area contributed by atoms with E-state index in [1.807, 2.05) is 25.8 Å². The molecule has 3 aromatic heterocycles. The topological polar surface area (TPSA) is 72.5 Å². The standard InChI is InChI=1S/C25H26FN7S.C2H6/c1-4-20-24(33-15-19(13-16(2)23(33)29-20)32-11-9-28-10-12-32)31(3)25-30-22(21(14-27)34-25)17-5-7-18(26)8-6-17;1-2/h5-8,13,15,28H,4,9-12H2,1-3H3;1-2H3. The number of nitrogens with one attached hydrogen (secondary N) is 1. The van der Waals surface area contributed by atoms with Crippen molar-refractivity contribution in [3.63, 3.8) is 0 Å². The average Bonchev–Trinajstić information content (AvgIpc) is 3.52. The van der Waals surface area contributed by atoms with E-state index >= 15 is 0 Å². The molecule has 188 valence electrons. The highest BCUT2D eigenvalue weighted by Gasteiger charge is 2.23. The number of thiazole rings is 1. The number of hydrogen-bond acceptors (Lipinski definition) is 7. The Bertz CT molecular complexity index is 1380. The summed E-state index contributed by atoms with van der Waals surface area (Å²) >= 11 is 1.33. The summed E-state index contributed by atoms with van der Waals surface area (Å²) in [7, 11) is 1.96. The van der Waals surface area contributed by atoms with E-state index in [1.54, 1.807) is 12.1 Å². The Balaban J connectivity index is 0.00000148. The minimum Gasteiger partial charge on any atom is -0.368 e. The van der Waals surface area contributed by atoms with Gasteiger partial charge in [0.1, 0.15) is 33.9 Å². The van der Waals surface area contributed by atoms with Gasteiger partial charge in [0.15, 0.2) is 5.13 Å². The summed E-state index contributed by atoms with van der Waals surface area (Å²) in [4.78, 5) is 14.6. The second-order valence-corrected chi connectivity index (χ2v) is 9.38. The van der Waals surface area contributed by atoms with Crippen LogP contribution in [0, 0.1) is 24.1 Å². The predicted octanol–water partition coefficient (Wildman–Crippen LogP) is 5.54. The van der Waals surface area contributed by atoms with Crippen LogP contribution in [0.25, 0.3) is 16.9 Å². The molecule has 7 nitrogen and oxygen atoms in total. The number of aromatic nitrogens is 3. The largest absolute Gasteiger partial charge is 0.368 e. The third-order valence-electron chi connectivity index (χ3n) is 6.19. The van der Waals surface area contributed by atoms with E-state index in [0.717, 1.165) is 60.9 Å². The van der Waals surface area contributed by atoms with E-state index in [-0.39, 0.29) is 5.82 Å². The molecule has 0 amide bonds. The first-order valence-electron chi connectivity index (χ1n) is 12.4. The van der Waals surface area contributed by atoms with Crippen molar-refractivity contribution in [2.75, 3.05) is 43.0 Å². The summed E-state index contributed by atoms with van der Waals surface area (Å²) < 4.78 is 15.6. The van der Waals surface area contributed by atoms with Gasteiger partial charge in [-0.2, -0.15) is 5.26 Å². The van der Waals surface area contributed by atoms with Gasteiger partial charge in [0.2, 0.25) is 0 Å². The second-order valence-electron chi connectivity index (χ2n) is 8.40. The fraction of sp³-hybridized carbons (Fsp3) is 0.370. The number of aryl methyl sites for hydroxylation is 2. The van der Waals surface area contributed by atoms with E-state index in [1.165, 1.54) is 29.2 Å². The number of piperazine rings is 1. The lowest BCUT2D eigenvalue weighted by Crippen LogP contribution is -2.43. The molecule has 5 rings (SSSR count). The van der Waals surface area contributed by atoms with Crippen molar-refractivity contribution in [1.29, 1.82) is 5.26 Å². The van der Waals surface area contributed by atoms with Crippen LogP contribution in [0.2, 0.25) is 0 Å². The lowest BCUT2D eigenvalue weighted by atomic mass is 10.1. The highest BCUT2D eigenvalue weighted by Crippen LogP contribution is 2.37. The normalized spacial score (nSPS) is 13.3. The van der Waals surface area contributed by atoms with Crippen LogP contribution in [0.15, 0.2) is 36.5 Å². The zero-order valence-electron chi connectivity index (χ0n) is 21.5. The molecule has 0 radical (unpaired) electrons. The Morgan fingerprint density at radius 3 is 2.50 bits per heavy atom. The average molecular weight is 506 g/mol. The molecule has 0 saturated carbocycles. The highest BCUT2D eigenvalue weighted by atomic mass is 32.1. The number of pyridine rings is 1. The number of nitrogens with zero attached hydrogens (tertiary/aromatic N) is 6. The summed E-state index contributed by atoms with van der Waals surface area (Å²) in [5, 5.41) is 13.8. The van der Waals surface area contributed by atoms with Gasteiger partial charge in [-0.15, -0.1) is 0 Å². The summed E-state index contributed by atoms with van der Waals surface area (Å²) in [6.07, 6.45) is 2.93. The number of nitriles is 1. The molecule has 0 spiro atoms. The van der Waals surface area contributed by atoms with Crippen LogP contribution >= 0.6 is 11.3 Å². The number of hydrogen-bond donors (Lipinski definition) is 1. The Morgan fingerprint density at radius 1 is 1.17 bits per heavy atom. The molecule has 1 fully saturated rings. The molecule has 1 N–H and O–H groups in total. The van der Waals surface area contributed by atoms with Crippen molar-refractivity contribution in [3.8, 4) is 17.3 Å². The summed E-state index contributed by atoms with van der Waals surface area (Å²) in [6, 6.07) is 10.6. The molecule has 1 aliphatic rings. The Kier molecular flexibility index (Phi) is 7.87. The second kappa shape index (κ2) is 11.1. The van der Waals surface area contributed by atoms with Gasteiger partial charge in [0.05, 0.1) is 11.4 Å². The number of anilines is 3. The first kappa shape index (κ1) is 25.6. The smallest absolute Gasteiger partial charge is 0.192 e. The lowest BCUT2D eigenvalue weighted by Gasteiger charge is -2.30. The monoisotopic (exact) mass is 505 g/mol. The molecule has 1 aliphatic heterocycles. The molecule has 9 heteroatoms. The number of rotatable bonds is 5. The molecule has 1 aromatic carbocycles. The third-order valence-corrected chi connectivity index (χ3v) is 7.23. The summed E-state index contributed by atoms with van der Waals surface area (Å²) in [5.41, 5.74) is 5.48. The van der Waals surface area contributed by atoms with Gasteiger partial charge in [-0.3, -0.25) is 4.40 Å². The molecule has 0 bridgehead atoms. The fourth-order valence-electron chi connectivity index (χ4n) is 4.44. The molecule has 1 saturated heterocycles. The van der Waals surface area contributed by atoms with Crippen molar-refractivity contribution in [2.45, 2.75) is 34.1 Å². The van der Waals surface area contributed by atoms with Crippen LogP contribution < -0.4 is 15.1 Å². The van der Waals surface area contributed by atoms with Gasteiger partial charge in [0, 0.05) is 45.0 Å². The molecule has 36 heavy (non-hydrogen) atoms.